The van der Waals surface area contributed by atoms with Gasteiger partial charge in [0.25, 0.3) is 0 Å². The summed E-state index contributed by atoms with van der Waals surface area (Å²) in [4.78, 5) is 20.5. The lowest BCUT2D eigenvalue weighted by molar-refractivity contribution is -0.142. The van der Waals surface area contributed by atoms with Crippen LogP contribution < -0.4 is 4.90 Å². The van der Waals surface area contributed by atoms with E-state index in [0.717, 1.165) is 11.3 Å². The summed E-state index contributed by atoms with van der Waals surface area (Å²) >= 11 is 0. The second-order valence-corrected chi connectivity index (χ2v) is 7.38. The number of nitrogens with zero attached hydrogens (tertiary/aromatic N) is 2. The standard InChI is InChI=1S/C22H22FN3O3/c1-13-11-15(5-6-19(13)26-9-7-14(8-10-26)22(28)29)24-12-16-20-17(23)3-2-4-18(20)25-21(16)27/h2-6,11-12,14,25,27H,7-10H2,1H3,(H,28,29). The summed E-state index contributed by atoms with van der Waals surface area (Å²) in [6.45, 7) is 3.41. The highest BCUT2D eigenvalue weighted by atomic mass is 19.1. The molecule has 1 aromatic heterocycles. The molecular formula is C22H22FN3O3. The van der Waals surface area contributed by atoms with Gasteiger partial charge in [0.1, 0.15) is 5.82 Å². The topological polar surface area (TPSA) is 88.9 Å². The molecule has 29 heavy (non-hydrogen) atoms. The van der Waals surface area contributed by atoms with Gasteiger partial charge in [0, 0.05) is 30.4 Å². The first kappa shape index (κ1) is 19.0. The van der Waals surface area contributed by atoms with E-state index in [9.17, 15) is 14.3 Å². The number of carboxylic acid groups (broad SMARTS) is 1. The predicted octanol–water partition coefficient (Wildman–Crippen LogP) is 4.37. The van der Waals surface area contributed by atoms with Gasteiger partial charge in [-0.15, -0.1) is 0 Å². The number of hydrogen-bond donors (Lipinski definition) is 3. The molecule has 4 rings (SSSR count). The van der Waals surface area contributed by atoms with E-state index in [1.165, 1.54) is 12.3 Å². The summed E-state index contributed by atoms with van der Waals surface area (Å²) in [5, 5.41) is 19.6. The van der Waals surface area contributed by atoms with E-state index >= 15 is 0 Å². The van der Waals surface area contributed by atoms with E-state index in [1.54, 1.807) is 12.1 Å². The van der Waals surface area contributed by atoms with Crippen LogP contribution in [0.15, 0.2) is 41.4 Å². The van der Waals surface area contributed by atoms with Crippen LogP contribution in [0.2, 0.25) is 0 Å². The van der Waals surface area contributed by atoms with E-state index in [-0.39, 0.29) is 11.8 Å². The van der Waals surface area contributed by atoms with Crippen LogP contribution in [0.1, 0.15) is 24.0 Å². The van der Waals surface area contributed by atoms with Crippen LogP contribution in [-0.4, -0.2) is 40.5 Å². The predicted molar refractivity (Wildman–Crippen MR) is 111 cm³/mol. The second-order valence-electron chi connectivity index (χ2n) is 7.38. The number of rotatable bonds is 4. The first-order valence-electron chi connectivity index (χ1n) is 9.55. The molecule has 0 aliphatic carbocycles. The number of carbonyl (C=O) groups is 1. The summed E-state index contributed by atoms with van der Waals surface area (Å²) in [6, 6.07) is 10.4. The Bertz CT molecular complexity index is 1100. The zero-order valence-electron chi connectivity index (χ0n) is 16.0. The van der Waals surface area contributed by atoms with Gasteiger partial charge in [-0.3, -0.25) is 9.79 Å². The number of carboxylic acids is 1. The van der Waals surface area contributed by atoms with Crippen molar-refractivity contribution in [2.45, 2.75) is 19.8 Å². The second kappa shape index (κ2) is 7.58. The van der Waals surface area contributed by atoms with Crippen molar-refractivity contribution in [2.75, 3.05) is 18.0 Å². The highest BCUT2D eigenvalue weighted by Crippen LogP contribution is 2.31. The Morgan fingerprint density at radius 1 is 1.28 bits per heavy atom. The summed E-state index contributed by atoms with van der Waals surface area (Å²) < 4.78 is 14.2. The number of H-pyrrole nitrogens is 1. The van der Waals surface area contributed by atoms with Gasteiger partial charge in [0.2, 0.25) is 0 Å². The van der Waals surface area contributed by atoms with Crippen LogP contribution in [0.25, 0.3) is 10.9 Å². The molecule has 1 saturated heterocycles. The van der Waals surface area contributed by atoms with Crippen LogP contribution in [0.5, 0.6) is 5.88 Å². The summed E-state index contributed by atoms with van der Waals surface area (Å²) in [5.41, 5.74) is 3.61. The zero-order valence-corrected chi connectivity index (χ0v) is 16.0. The number of aliphatic carboxylic acids is 1. The van der Waals surface area contributed by atoms with E-state index in [0.29, 0.717) is 48.1 Å². The smallest absolute Gasteiger partial charge is 0.306 e. The zero-order chi connectivity index (χ0) is 20.5. The molecule has 0 saturated carbocycles. The first-order chi connectivity index (χ1) is 13.9. The summed E-state index contributed by atoms with van der Waals surface area (Å²) in [6.07, 6.45) is 2.74. The number of piperidine rings is 1. The number of fused-ring (bicyclic) bond motifs is 1. The molecule has 1 aliphatic rings. The first-order valence-corrected chi connectivity index (χ1v) is 9.55. The number of anilines is 1. The third kappa shape index (κ3) is 3.68. The van der Waals surface area contributed by atoms with Crippen LogP contribution >= 0.6 is 0 Å². The molecule has 3 N–H and O–H groups in total. The number of halogens is 1. The van der Waals surface area contributed by atoms with Crippen LogP contribution in [0.4, 0.5) is 15.8 Å². The largest absolute Gasteiger partial charge is 0.494 e. The minimum absolute atomic E-state index is 0.122. The maximum absolute atomic E-state index is 14.2. The Kier molecular flexibility index (Phi) is 4.96. The molecule has 3 aromatic rings. The number of aromatic nitrogens is 1. The van der Waals surface area contributed by atoms with Gasteiger partial charge >= 0.3 is 5.97 Å². The van der Waals surface area contributed by atoms with Gasteiger partial charge in [-0.1, -0.05) is 6.07 Å². The van der Waals surface area contributed by atoms with Gasteiger partial charge < -0.3 is 20.1 Å². The lowest BCUT2D eigenvalue weighted by Gasteiger charge is -2.33. The minimum atomic E-state index is -0.719. The number of benzene rings is 2. The van der Waals surface area contributed by atoms with Crippen molar-refractivity contribution in [1.29, 1.82) is 0 Å². The highest BCUT2D eigenvalue weighted by molar-refractivity contribution is 6.02. The summed E-state index contributed by atoms with van der Waals surface area (Å²) in [5.74, 6) is -1.53. The Morgan fingerprint density at radius 3 is 2.72 bits per heavy atom. The van der Waals surface area contributed by atoms with Gasteiger partial charge in [-0.25, -0.2) is 4.39 Å². The monoisotopic (exact) mass is 395 g/mol. The van der Waals surface area contributed by atoms with Crippen LogP contribution in [0, 0.1) is 18.7 Å². The lowest BCUT2D eigenvalue weighted by atomic mass is 9.96. The maximum atomic E-state index is 14.2. The van der Waals surface area contributed by atoms with Crippen molar-refractivity contribution in [3.05, 3.63) is 53.3 Å². The minimum Gasteiger partial charge on any atom is -0.494 e. The van der Waals surface area contributed by atoms with Crippen molar-refractivity contribution >= 4 is 34.5 Å². The van der Waals surface area contributed by atoms with Crippen molar-refractivity contribution in [1.82, 2.24) is 4.98 Å². The number of aromatic hydroxyl groups is 1. The van der Waals surface area contributed by atoms with Crippen LogP contribution in [-0.2, 0) is 4.79 Å². The van der Waals surface area contributed by atoms with Gasteiger partial charge in [-0.05, 0) is 55.7 Å². The van der Waals surface area contributed by atoms with Crippen molar-refractivity contribution in [3.8, 4) is 5.88 Å². The molecule has 0 atom stereocenters. The molecule has 1 aliphatic heterocycles. The van der Waals surface area contributed by atoms with Gasteiger partial charge in [0.15, 0.2) is 5.88 Å². The Labute approximate surface area is 167 Å². The molecule has 0 unspecified atom stereocenters. The molecule has 0 spiro atoms. The molecule has 1 fully saturated rings. The van der Waals surface area contributed by atoms with Crippen molar-refractivity contribution in [3.63, 3.8) is 0 Å². The normalized spacial score (nSPS) is 15.4. The fraction of sp³-hybridized carbons (Fsp3) is 0.273. The molecular weight excluding hydrogens is 373 g/mol. The SMILES string of the molecule is Cc1cc(N=Cc2c(O)[nH]c3cccc(F)c23)ccc1N1CCC(C(=O)O)CC1. The number of aliphatic imine (C=N–C) groups is 1. The van der Waals surface area contributed by atoms with Crippen LogP contribution in [0.3, 0.4) is 0 Å². The number of hydrogen-bond acceptors (Lipinski definition) is 4. The quantitative estimate of drug-likeness (QED) is 0.572. The van der Waals surface area contributed by atoms with E-state index in [2.05, 4.69) is 14.9 Å². The lowest BCUT2D eigenvalue weighted by Crippen LogP contribution is -2.36. The fourth-order valence-corrected chi connectivity index (χ4v) is 3.92. The maximum Gasteiger partial charge on any atom is 0.306 e. The van der Waals surface area contributed by atoms with E-state index < -0.39 is 11.8 Å². The Morgan fingerprint density at radius 2 is 2.03 bits per heavy atom. The third-order valence-corrected chi connectivity index (χ3v) is 5.50. The molecule has 2 heterocycles. The van der Waals surface area contributed by atoms with E-state index in [1.807, 2.05) is 25.1 Å². The summed E-state index contributed by atoms with van der Waals surface area (Å²) in [7, 11) is 0. The molecule has 0 bridgehead atoms. The number of aryl methyl sites for hydroxylation is 1. The van der Waals surface area contributed by atoms with Crippen molar-refractivity contribution < 1.29 is 19.4 Å². The highest BCUT2D eigenvalue weighted by Gasteiger charge is 2.25. The molecule has 0 amide bonds. The molecule has 6 nitrogen and oxygen atoms in total. The van der Waals surface area contributed by atoms with E-state index in [4.69, 9.17) is 5.11 Å². The Hall–Kier alpha value is -3.35. The average molecular weight is 395 g/mol. The molecule has 0 radical (unpaired) electrons. The molecule has 150 valence electrons. The molecule has 7 heteroatoms. The third-order valence-electron chi connectivity index (χ3n) is 5.50. The average Bonchev–Trinajstić information content (AvgIpc) is 3.03. The van der Waals surface area contributed by atoms with Crippen molar-refractivity contribution in [2.24, 2.45) is 10.9 Å². The van der Waals surface area contributed by atoms with Gasteiger partial charge in [0.05, 0.1) is 22.7 Å². The molecule has 2 aromatic carbocycles. The Balaban J connectivity index is 1.55. The van der Waals surface area contributed by atoms with Gasteiger partial charge in [-0.2, -0.15) is 0 Å². The number of aromatic amines is 1. The fourth-order valence-electron chi connectivity index (χ4n) is 3.92. The number of nitrogens with one attached hydrogen (secondary N) is 1.